The monoisotopic (exact) mass is 542 g/mol. The summed E-state index contributed by atoms with van der Waals surface area (Å²) in [6, 6.07) is 7.23. The first-order valence-electron chi connectivity index (χ1n) is 14.0. The number of benzene rings is 1. The number of aromatic nitrogens is 1. The second-order valence-corrected chi connectivity index (χ2v) is 11.5. The van der Waals surface area contributed by atoms with Gasteiger partial charge in [-0.2, -0.15) is 0 Å². The Kier molecular flexibility index (Phi) is 6.32. The van der Waals surface area contributed by atoms with Crippen LogP contribution in [0.3, 0.4) is 0 Å². The number of carboxylic acid groups (broad SMARTS) is 1. The Morgan fingerprint density at radius 3 is 2.55 bits per heavy atom. The number of carboxylic acids is 1. The van der Waals surface area contributed by atoms with E-state index in [-0.39, 0.29) is 22.8 Å². The molecule has 0 radical (unpaired) electrons. The van der Waals surface area contributed by atoms with E-state index in [1.807, 2.05) is 26.0 Å². The first kappa shape index (κ1) is 26.3. The van der Waals surface area contributed by atoms with Crippen LogP contribution in [-0.4, -0.2) is 52.8 Å². The molecule has 2 aromatic rings. The summed E-state index contributed by atoms with van der Waals surface area (Å²) in [5, 5.41) is 9.69. The Morgan fingerprint density at radius 2 is 1.90 bits per heavy atom. The molecular weight excluding hydrogens is 508 g/mol. The molecule has 1 atom stereocenters. The van der Waals surface area contributed by atoms with Crippen molar-refractivity contribution in [3.05, 3.63) is 69.3 Å². The lowest BCUT2D eigenvalue weighted by atomic mass is 9.58. The fourth-order valence-electron chi connectivity index (χ4n) is 6.98. The Labute approximate surface area is 233 Å². The normalized spacial score (nSPS) is 21.6. The molecule has 1 amide bonds. The highest BCUT2D eigenvalue weighted by atomic mass is 16.5. The predicted octanol–water partition coefficient (Wildman–Crippen LogP) is 5.48. The van der Waals surface area contributed by atoms with Crippen LogP contribution < -0.4 is 4.74 Å². The Morgan fingerprint density at radius 1 is 1.12 bits per heavy atom. The zero-order valence-corrected chi connectivity index (χ0v) is 23.4. The maximum absolute atomic E-state index is 14.0. The third-order valence-corrected chi connectivity index (χ3v) is 9.28. The van der Waals surface area contributed by atoms with E-state index in [1.54, 1.807) is 31.1 Å². The van der Waals surface area contributed by atoms with Crippen LogP contribution in [0.25, 0.3) is 11.3 Å². The van der Waals surface area contributed by atoms with Crippen molar-refractivity contribution in [3.63, 3.8) is 0 Å². The minimum Gasteiger partial charge on any atom is -0.496 e. The average molecular weight is 543 g/mol. The van der Waals surface area contributed by atoms with E-state index in [0.29, 0.717) is 72.0 Å². The van der Waals surface area contributed by atoms with Gasteiger partial charge in [-0.3, -0.25) is 9.59 Å². The lowest BCUT2D eigenvalue weighted by Crippen LogP contribution is -2.44. The molecule has 3 heterocycles. The van der Waals surface area contributed by atoms with Crippen molar-refractivity contribution < 1.29 is 29.0 Å². The van der Waals surface area contributed by atoms with Crippen molar-refractivity contribution in [2.24, 2.45) is 5.41 Å². The van der Waals surface area contributed by atoms with Gasteiger partial charge in [0.2, 0.25) is 0 Å². The van der Waals surface area contributed by atoms with E-state index in [2.05, 4.69) is 4.98 Å². The molecule has 8 heteroatoms. The molecule has 4 aliphatic rings. The summed E-state index contributed by atoms with van der Waals surface area (Å²) in [5.74, 6) is 0.102. The highest BCUT2D eigenvalue weighted by Crippen LogP contribution is 2.58. The number of methoxy groups -OCH3 is 1. The van der Waals surface area contributed by atoms with Gasteiger partial charge >= 0.3 is 5.97 Å². The quantitative estimate of drug-likeness (QED) is 0.533. The number of carbonyl (C=O) groups is 3. The Balaban J connectivity index is 1.58. The largest absolute Gasteiger partial charge is 0.496 e. The third kappa shape index (κ3) is 3.95. The number of likely N-dealkylation sites (N-methyl/N-ethyl adjacent to an activating group) is 1. The number of hydrogen-bond donors (Lipinski definition) is 1. The first-order chi connectivity index (χ1) is 19.2. The average Bonchev–Trinajstić information content (AvgIpc) is 2.91. The fraction of sp³-hybridized carbons (Fsp3) is 0.438. The molecule has 1 saturated carbocycles. The van der Waals surface area contributed by atoms with Gasteiger partial charge in [-0.05, 0) is 68.4 Å². The van der Waals surface area contributed by atoms with Gasteiger partial charge in [0.15, 0.2) is 11.5 Å². The van der Waals surface area contributed by atoms with E-state index in [0.717, 1.165) is 36.0 Å². The minimum absolute atomic E-state index is 0.00961. The van der Waals surface area contributed by atoms with E-state index in [4.69, 9.17) is 9.47 Å². The highest BCUT2D eigenvalue weighted by molar-refractivity contribution is 6.06. The van der Waals surface area contributed by atoms with Gasteiger partial charge in [0.1, 0.15) is 17.3 Å². The van der Waals surface area contributed by atoms with Crippen molar-refractivity contribution in [3.8, 4) is 17.0 Å². The summed E-state index contributed by atoms with van der Waals surface area (Å²) in [6.07, 6.45) is 4.90. The number of Topliss-reactive ketones (excluding diaryl/α,β-unsaturated/α-hetero) is 1. The molecular formula is C32H34N2O6. The zero-order chi connectivity index (χ0) is 28.3. The van der Waals surface area contributed by atoms with Gasteiger partial charge in [-0.1, -0.05) is 12.5 Å². The van der Waals surface area contributed by atoms with Gasteiger partial charge in [0.25, 0.3) is 5.91 Å². The fourth-order valence-corrected chi connectivity index (χ4v) is 6.98. The van der Waals surface area contributed by atoms with E-state index < -0.39 is 11.9 Å². The maximum atomic E-state index is 14.0. The van der Waals surface area contributed by atoms with Crippen LogP contribution in [0.1, 0.15) is 78.5 Å². The lowest BCUT2D eigenvalue weighted by Gasteiger charge is -2.48. The van der Waals surface area contributed by atoms with Crippen molar-refractivity contribution in [1.82, 2.24) is 9.88 Å². The summed E-state index contributed by atoms with van der Waals surface area (Å²) in [6.45, 7) is 6.73. The number of allylic oxidation sites excluding steroid dienone is 2. The Bertz CT molecular complexity index is 1530. The number of carbonyl (C=O) groups excluding carboxylic acids is 2. The highest BCUT2D eigenvalue weighted by Gasteiger charge is 2.51. The van der Waals surface area contributed by atoms with Crippen LogP contribution in [0.4, 0.5) is 0 Å². The van der Waals surface area contributed by atoms with E-state index in [1.165, 1.54) is 0 Å². The minimum atomic E-state index is -1.09. The maximum Gasteiger partial charge on any atom is 0.354 e. The molecule has 2 aliphatic carbocycles. The van der Waals surface area contributed by atoms with Crippen LogP contribution in [0.2, 0.25) is 0 Å². The molecule has 1 fully saturated rings. The molecule has 1 aromatic heterocycles. The van der Waals surface area contributed by atoms with Gasteiger partial charge in [-0.25, -0.2) is 9.78 Å². The van der Waals surface area contributed by atoms with Gasteiger partial charge in [0, 0.05) is 49.1 Å². The topological polar surface area (TPSA) is 106 Å². The SMILES string of the molecule is CCN1CCC2=C(C1=O)[C@@H](c1c(OC)ccc(-c3ccc(C)c(C(=O)O)n3)c1C)C1=C(CC3(CCC3)CC1=O)O2. The number of pyridine rings is 1. The number of amides is 1. The third-order valence-electron chi connectivity index (χ3n) is 9.28. The van der Waals surface area contributed by atoms with Crippen LogP contribution >= 0.6 is 0 Å². The number of ketones is 1. The smallest absolute Gasteiger partial charge is 0.354 e. The van der Waals surface area contributed by atoms with Crippen LogP contribution in [-0.2, 0) is 14.3 Å². The molecule has 0 bridgehead atoms. The van der Waals surface area contributed by atoms with Gasteiger partial charge in [-0.15, -0.1) is 0 Å². The molecule has 1 aromatic carbocycles. The lowest BCUT2D eigenvalue weighted by molar-refractivity contribution is -0.129. The molecule has 8 nitrogen and oxygen atoms in total. The van der Waals surface area contributed by atoms with Crippen LogP contribution in [0.15, 0.2) is 46.9 Å². The molecule has 6 rings (SSSR count). The molecule has 2 aliphatic heterocycles. The number of aryl methyl sites for hydroxylation is 1. The van der Waals surface area contributed by atoms with Crippen molar-refractivity contribution >= 4 is 17.7 Å². The van der Waals surface area contributed by atoms with Crippen LogP contribution in [0.5, 0.6) is 5.75 Å². The standard InChI is InChI=1S/C32H34N2O6/c1-5-34-14-11-23-27(30(34)36)28(26-21(35)15-32(12-6-13-32)16-24(26)40-23)25-18(3)19(8-10-22(25)39-4)20-9-7-17(2)29(33-20)31(37)38/h7-10,28H,5-6,11-16H2,1-4H3,(H,37,38)/t28-/m0/s1. The molecule has 1 spiro atoms. The number of nitrogens with zero attached hydrogens (tertiary/aromatic N) is 2. The molecule has 0 unspecified atom stereocenters. The first-order valence-corrected chi connectivity index (χ1v) is 14.0. The van der Waals surface area contributed by atoms with Crippen molar-refractivity contribution in [2.75, 3.05) is 20.2 Å². The van der Waals surface area contributed by atoms with Crippen molar-refractivity contribution in [2.45, 2.75) is 65.2 Å². The zero-order valence-electron chi connectivity index (χ0n) is 23.4. The van der Waals surface area contributed by atoms with E-state index in [9.17, 15) is 19.5 Å². The predicted molar refractivity (Wildman–Crippen MR) is 148 cm³/mol. The van der Waals surface area contributed by atoms with Gasteiger partial charge < -0.3 is 19.5 Å². The molecule has 1 N–H and O–H groups in total. The number of rotatable bonds is 5. The number of ether oxygens (including phenoxy) is 2. The summed E-state index contributed by atoms with van der Waals surface area (Å²) >= 11 is 0. The Hall–Kier alpha value is -3.94. The summed E-state index contributed by atoms with van der Waals surface area (Å²) in [7, 11) is 1.58. The number of hydrogen-bond acceptors (Lipinski definition) is 6. The van der Waals surface area contributed by atoms with Crippen molar-refractivity contribution in [1.29, 1.82) is 0 Å². The van der Waals surface area contributed by atoms with E-state index >= 15 is 0 Å². The molecule has 208 valence electrons. The molecule has 40 heavy (non-hydrogen) atoms. The molecule has 0 saturated heterocycles. The number of aromatic carboxylic acids is 1. The summed E-state index contributed by atoms with van der Waals surface area (Å²) in [5.41, 5.74) is 4.34. The summed E-state index contributed by atoms with van der Waals surface area (Å²) < 4.78 is 12.3. The second kappa shape index (κ2) is 9.61. The second-order valence-electron chi connectivity index (χ2n) is 11.5. The van der Waals surface area contributed by atoms with Gasteiger partial charge in [0.05, 0.1) is 24.3 Å². The summed E-state index contributed by atoms with van der Waals surface area (Å²) in [4.78, 5) is 46.0. The van der Waals surface area contributed by atoms with Crippen LogP contribution in [0, 0.1) is 19.3 Å².